The van der Waals surface area contributed by atoms with E-state index in [0.717, 1.165) is 19.5 Å². The molecule has 0 aromatic carbocycles. The van der Waals surface area contributed by atoms with Crippen LogP contribution < -0.4 is 5.32 Å². The quantitative estimate of drug-likeness (QED) is 0.791. The van der Waals surface area contributed by atoms with Gasteiger partial charge in [0.05, 0.1) is 6.07 Å². The average Bonchev–Trinajstić information content (AvgIpc) is 2.88. The van der Waals surface area contributed by atoms with Crippen LogP contribution in [0.25, 0.3) is 0 Å². The van der Waals surface area contributed by atoms with Crippen LogP contribution in [0.2, 0.25) is 0 Å². The summed E-state index contributed by atoms with van der Waals surface area (Å²) in [6.07, 6.45) is 6.15. The van der Waals surface area contributed by atoms with E-state index in [0.29, 0.717) is 12.1 Å². The van der Waals surface area contributed by atoms with E-state index in [2.05, 4.69) is 30.1 Å². The molecule has 3 heteroatoms. The zero-order valence-electron chi connectivity index (χ0n) is 10.5. The Morgan fingerprint density at radius 2 is 2.06 bits per heavy atom. The number of nitriles is 1. The van der Waals surface area contributed by atoms with Gasteiger partial charge in [-0.25, -0.2) is 0 Å². The summed E-state index contributed by atoms with van der Waals surface area (Å²) in [5, 5.41) is 13.1. The zero-order chi connectivity index (χ0) is 11.6. The van der Waals surface area contributed by atoms with Crippen LogP contribution in [0, 0.1) is 11.3 Å². The van der Waals surface area contributed by atoms with Gasteiger partial charge in [0.1, 0.15) is 5.54 Å². The van der Waals surface area contributed by atoms with Crippen molar-refractivity contribution in [2.45, 2.75) is 63.6 Å². The highest BCUT2D eigenvalue weighted by Crippen LogP contribution is 2.27. The zero-order valence-corrected chi connectivity index (χ0v) is 10.5. The van der Waals surface area contributed by atoms with Gasteiger partial charge >= 0.3 is 0 Å². The van der Waals surface area contributed by atoms with Crippen molar-refractivity contribution in [3.8, 4) is 6.07 Å². The van der Waals surface area contributed by atoms with E-state index in [4.69, 9.17) is 0 Å². The molecule has 1 saturated carbocycles. The van der Waals surface area contributed by atoms with E-state index in [-0.39, 0.29) is 5.54 Å². The molecule has 1 N–H and O–H groups in total. The Bertz CT molecular complexity index is 275. The molecule has 2 aliphatic rings. The smallest absolute Gasteiger partial charge is 0.121 e. The monoisotopic (exact) mass is 221 g/mol. The van der Waals surface area contributed by atoms with Crippen LogP contribution in [0.5, 0.6) is 0 Å². The molecule has 1 unspecified atom stereocenters. The van der Waals surface area contributed by atoms with E-state index in [1.165, 1.54) is 25.7 Å². The Morgan fingerprint density at radius 3 is 2.56 bits per heavy atom. The molecule has 0 radical (unpaired) electrons. The van der Waals surface area contributed by atoms with Crippen molar-refractivity contribution in [3.63, 3.8) is 0 Å². The maximum absolute atomic E-state index is 9.44. The number of hydrogen-bond donors (Lipinski definition) is 1. The SMILES string of the molecule is CC(C)N1CCC(C#N)(NC2CCCC2)C1. The first-order chi connectivity index (χ1) is 7.65. The summed E-state index contributed by atoms with van der Waals surface area (Å²) in [6.45, 7) is 6.38. The van der Waals surface area contributed by atoms with Crippen LogP contribution in [0.3, 0.4) is 0 Å². The topological polar surface area (TPSA) is 39.1 Å². The van der Waals surface area contributed by atoms with Gasteiger partial charge in [0.2, 0.25) is 0 Å². The molecule has 2 fully saturated rings. The van der Waals surface area contributed by atoms with E-state index < -0.39 is 0 Å². The van der Waals surface area contributed by atoms with Crippen LogP contribution >= 0.6 is 0 Å². The van der Waals surface area contributed by atoms with Crippen molar-refractivity contribution in [2.75, 3.05) is 13.1 Å². The molecule has 0 amide bonds. The molecule has 0 spiro atoms. The molecule has 90 valence electrons. The largest absolute Gasteiger partial charge is 0.298 e. The lowest BCUT2D eigenvalue weighted by molar-refractivity contribution is 0.251. The lowest BCUT2D eigenvalue weighted by Crippen LogP contribution is -2.51. The fourth-order valence-corrected chi connectivity index (χ4v) is 2.98. The molecule has 2 rings (SSSR count). The summed E-state index contributed by atoms with van der Waals surface area (Å²) < 4.78 is 0. The Balaban J connectivity index is 1.96. The van der Waals surface area contributed by atoms with Crippen molar-refractivity contribution < 1.29 is 0 Å². The predicted molar refractivity (Wildman–Crippen MR) is 65.1 cm³/mol. The molecule has 1 heterocycles. The first-order valence-corrected chi connectivity index (χ1v) is 6.58. The summed E-state index contributed by atoms with van der Waals surface area (Å²) in [7, 11) is 0. The molecule has 1 aliphatic heterocycles. The third-order valence-electron chi connectivity index (χ3n) is 4.08. The molecule has 16 heavy (non-hydrogen) atoms. The second-order valence-electron chi connectivity index (χ2n) is 5.63. The number of hydrogen-bond acceptors (Lipinski definition) is 3. The third kappa shape index (κ3) is 2.39. The number of rotatable bonds is 3. The standard InChI is InChI=1S/C13H23N3/c1-11(2)16-8-7-13(9-14,10-16)15-12-5-3-4-6-12/h11-12,15H,3-8,10H2,1-2H3. The highest BCUT2D eigenvalue weighted by Gasteiger charge is 2.40. The highest BCUT2D eigenvalue weighted by atomic mass is 15.2. The Kier molecular flexibility index (Phi) is 3.51. The predicted octanol–water partition coefficient (Wildman–Crippen LogP) is 1.90. The minimum Gasteiger partial charge on any atom is -0.298 e. The van der Waals surface area contributed by atoms with Crippen LogP contribution in [-0.2, 0) is 0 Å². The minimum atomic E-state index is -0.265. The average molecular weight is 221 g/mol. The van der Waals surface area contributed by atoms with Crippen molar-refractivity contribution in [2.24, 2.45) is 0 Å². The van der Waals surface area contributed by atoms with Gasteiger partial charge in [0.25, 0.3) is 0 Å². The van der Waals surface area contributed by atoms with Crippen molar-refractivity contribution >= 4 is 0 Å². The second-order valence-corrected chi connectivity index (χ2v) is 5.63. The summed E-state index contributed by atoms with van der Waals surface area (Å²) in [4.78, 5) is 2.41. The van der Waals surface area contributed by atoms with E-state index in [1.807, 2.05) is 0 Å². The van der Waals surface area contributed by atoms with Crippen LogP contribution in [0.4, 0.5) is 0 Å². The fourth-order valence-electron chi connectivity index (χ4n) is 2.98. The summed E-state index contributed by atoms with van der Waals surface area (Å²) in [5.74, 6) is 0. The molecule has 1 aliphatic carbocycles. The Hall–Kier alpha value is -0.590. The number of nitrogens with one attached hydrogen (secondary N) is 1. The maximum Gasteiger partial charge on any atom is 0.121 e. The van der Waals surface area contributed by atoms with Gasteiger partial charge in [-0.1, -0.05) is 12.8 Å². The van der Waals surface area contributed by atoms with Gasteiger partial charge in [-0.15, -0.1) is 0 Å². The first-order valence-electron chi connectivity index (χ1n) is 6.58. The van der Waals surface area contributed by atoms with Crippen LogP contribution in [0.1, 0.15) is 46.0 Å². The van der Waals surface area contributed by atoms with Gasteiger partial charge in [0, 0.05) is 25.2 Å². The fraction of sp³-hybridized carbons (Fsp3) is 0.923. The van der Waals surface area contributed by atoms with E-state index in [1.54, 1.807) is 0 Å². The summed E-state index contributed by atoms with van der Waals surface area (Å²) in [6, 6.07) is 3.68. The lowest BCUT2D eigenvalue weighted by Gasteiger charge is -2.28. The van der Waals surface area contributed by atoms with Gasteiger partial charge in [0.15, 0.2) is 0 Å². The van der Waals surface area contributed by atoms with Crippen LogP contribution in [-0.4, -0.2) is 35.6 Å². The lowest BCUT2D eigenvalue weighted by atomic mass is 9.99. The van der Waals surface area contributed by atoms with E-state index in [9.17, 15) is 5.26 Å². The molecule has 0 aromatic rings. The van der Waals surface area contributed by atoms with Gasteiger partial charge in [-0.05, 0) is 33.1 Å². The normalized spacial score (nSPS) is 32.4. The third-order valence-corrected chi connectivity index (χ3v) is 4.08. The summed E-state index contributed by atoms with van der Waals surface area (Å²) >= 11 is 0. The van der Waals surface area contributed by atoms with Crippen molar-refractivity contribution in [1.82, 2.24) is 10.2 Å². The summed E-state index contributed by atoms with van der Waals surface area (Å²) in [5.41, 5.74) is -0.265. The molecule has 1 atom stereocenters. The minimum absolute atomic E-state index is 0.265. The molecule has 1 saturated heterocycles. The van der Waals surface area contributed by atoms with E-state index >= 15 is 0 Å². The molecule has 3 nitrogen and oxygen atoms in total. The number of nitrogens with zero attached hydrogens (tertiary/aromatic N) is 2. The highest BCUT2D eigenvalue weighted by molar-refractivity contribution is 5.14. The Morgan fingerprint density at radius 1 is 1.38 bits per heavy atom. The Labute approximate surface area is 98.8 Å². The van der Waals surface area contributed by atoms with Crippen molar-refractivity contribution in [3.05, 3.63) is 0 Å². The van der Waals surface area contributed by atoms with Gasteiger partial charge in [-0.2, -0.15) is 5.26 Å². The number of likely N-dealkylation sites (tertiary alicyclic amines) is 1. The molecular formula is C13H23N3. The molecule has 0 aromatic heterocycles. The van der Waals surface area contributed by atoms with Gasteiger partial charge < -0.3 is 0 Å². The second kappa shape index (κ2) is 4.73. The van der Waals surface area contributed by atoms with Gasteiger partial charge in [-0.3, -0.25) is 10.2 Å². The maximum atomic E-state index is 9.44. The molecule has 0 bridgehead atoms. The van der Waals surface area contributed by atoms with Crippen molar-refractivity contribution in [1.29, 1.82) is 5.26 Å². The first kappa shape index (κ1) is 11.9. The van der Waals surface area contributed by atoms with Crippen LogP contribution in [0.15, 0.2) is 0 Å². The molecular weight excluding hydrogens is 198 g/mol.